The van der Waals surface area contributed by atoms with E-state index in [-0.39, 0.29) is 47.0 Å². The van der Waals surface area contributed by atoms with Crippen molar-refractivity contribution in [2.45, 2.75) is 71.9 Å². The third-order valence-corrected chi connectivity index (χ3v) is 7.61. The fraction of sp³-hybridized carbons (Fsp3) is 0.500. The number of amides is 2. The summed E-state index contributed by atoms with van der Waals surface area (Å²) in [6, 6.07) is 0. The van der Waals surface area contributed by atoms with E-state index in [1.54, 1.807) is 45.1 Å². The molecule has 6 atom stereocenters. The third-order valence-electron chi connectivity index (χ3n) is 7.61. The fourth-order valence-electron chi connectivity index (χ4n) is 5.17. The summed E-state index contributed by atoms with van der Waals surface area (Å²) < 4.78 is 16.6. The molecule has 2 bridgehead atoms. The molecule has 0 aromatic heterocycles. The highest BCUT2D eigenvalue weighted by molar-refractivity contribution is 6.25. The molecule has 1 aliphatic heterocycles. The van der Waals surface area contributed by atoms with Gasteiger partial charge >= 0.3 is 6.09 Å². The summed E-state index contributed by atoms with van der Waals surface area (Å²) in [7, 11) is 2.92. The molecule has 0 fully saturated rings. The van der Waals surface area contributed by atoms with Crippen LogP contribution < -0.4 is 16.4 Å². The van der Waals surface area contributed by atoms with Crippen LogP contribution in [-0.2, 0) is 28.6 Å². The van der Waals surface area contributed by atoms with Crippen LogP contribution in [-0.4, -0.2) is 73.9 Å². The zero-order chi connectivity index (χ0) is 32.4. The van der Waals surface area contributed by atoms with Crippen molar-refractivity contribution < 1.29 is 38.5 Å². The lowest BCUT2D eigenvalue weighted by molar-refractivity contribution is -0.120. The topological polar surface area (TPSA) is 166 Å². The van der Waals surface area contributed by atoms with Crippen molar-refractivity contribution in [2.24, 2.45) is 17.6 Å². The molecule has 1 aliphatic carbocycles. The maximum absolute atomic E-state index is 13.8. The average molecular weight is 600 g/mol. The van der Waals surface area contributed by atoms with Gasteiger partial charge in [0, 0.05) is 43.4 Å². The third kappa shape index (κ3) is 9.09. The second kappa shape index (κ2) is 16.2. The van der Waals surface area contributed by atoms with E-state index in [0.717, 1.165) is 0 Å². The summed E-state index contributed by atoms with van der Waals surface area (Å²) in [6.45, 7) is 12.4. The number of aliphatic hydroxyl groups excluding tert-OH is 1. The quantitative estimate of drug-likeness (QED) is 0.265. The van der Waals surface area contributed by atoms with E-state index in [0.29, 0.717) is 12.0 Å². The predicted molar refractivity (Wildman–Crippen MR) is 162 cm³/mol. The Labute approximate surface area is 253 Å². The molecule has 0 saturated heterocycles. The van der Waals surface area contributed by atoms with E-state index in [1.165, 1.54) is 27.2 Å². The minimum Gasteiger partial charge on any atom is -0.439 e. The highest BCUT2D eigenvalue weighted by Crippen LogP contribution is 2.30. The van der Waals surface area contributed by atoms with E-state index in [1.807, 2.05) is 6.92 Å². The van der Waals surface area contributed by atoms with Gasteiger partial charge in [-0.25, -0.2) is 4.79 Å². The molecule has 0 aromatic carbocycles. The molecule has 2 aliphatic rings. The largest absolute Gasteiger partial charge is 0.439 e. The molecule has 43 heavy (non-hydrogen) atoms. The Kier molecular flexibility index (Phi) is 13.3. The van der Waals surface area contributed by atoms with Crippen molar-refractivity contribution in [3.05, 3.63) is 70.6 Å². The first kappa shape index (κ1) is 35.4. The Balaban J connectivity index is 2.67. The van der Waals surface area contributed by atoms with Crippen LogP contribution in [0.2, 0.25) is 0 Å². The number of nitrogens with one attached hydrogen (secondary N) is 2. The number of hydrogen-bond donors (Lipinski definition) is 4. The number of hydrogen-bond acceptors (Lipinski definition) is 9. The SMILES string of the molecule is C=CCNC1=C2C[C@@H](C)C[C@H](OC)[C@H](O)[C@H](C)/C=C(\C)[C@@H](OC(N)=O)[C@@H](OC)/C=C/C=C(/C)C(=O)NC(=C(C)C1=O)C2=O. The number of aliphatic hydroxyl groups is 1. The lowest BCUT2D eigenvalue weighted by atomic mass is 9.83. The van der Waals surface area contributed by atoms with Crippen molar-refractivity contribution >= 4 is 23.6 Å². The molecule has 2 amide bonds. The molecule has 0 unspecified atom stereocenters. The zero-order valence-corrected chi connectivity index (χ0v) is 26.1. The number of primary amides is 1. The van der Waals surface area contributed by atoms with E-state index >= 15 is 0 Å². The second-order valence-corrected chi connectivity index (χ2v) is 11.0. The summed E-state index contributed by atoms with van der Waals surface area (Å²) in [5.74, 6) is -2.08. The molecule has 11 heteroatoms. The molecular weight excluding hydrogens is 554 g/mol. The van der Waals surface area contributed by atoms with Crippen LogP contribution in [0, 0.1) is 11.8 Å². The fourth-order valence-corrected chi connectivity index (χ4v) is 5.17. The van der Waals surface area contributed by atoms with Crippen LogP contribution in [0.5, 0.6) is 0 Å². The van der Waals surface area contributed by atoms with Gasteiger partial charge < -0.3 is 35.7 Å². The minimum atomic E-state index is -1.00. The highest BCUT2D eigenvalue weighted by Gasteiger charge is 2.35. The Morgan fingerprint density at radius 3 is 2.42 bits per heavy atom. The van der Waals surface area contributed by atoms with Crippen molar-refractivity contribution in [2.75, 3.05) is 20.8 Å². The Bertz CT molecular complexity index is 1260. The normalized spacial score (nSPS) is 31.4. The smallest absolute Gasteiger partial charge is 0.405 e. The number of methoxy groups -OCH3 is 2. The lowest BCUT2D eigenvalue weighted by Crippen LogP contribution is -2.39. The molecule has 0 aromatic rings. The van der Waals surface area contributed by atoms with Crippen molar-refractivity contribution in [1.82, 2.24) is 10.6 Å². The molecule has 2 rings (SSSR count). The number of carbonyl (C=O) groups excluding carboxylic acids is 4. The molecular formula is C32H45N3O8. The molecule has 0 radical (unpaired) electrons. The molecule has 11 nitrogen and oxygen atoms in total. The number of fused-ring (bicyclic) bond motifs is 2. The van der Waals surface area contributed by atoms with Crippen LogP contribution in [0.25, 0.3) is 0 Å². The summed E-state index contributed by atoms with van der Waals surface area (Å²) in [5, 5.41) is 16.9. The van der Waals surface area contributed by atoms with Crippen molar-refractivity contribution in [3.8, 4) is 0 Å². The summed E-state index contributed by atoms with van der Waals surface area (Å²) in [4.78, 5) is 52.0. The van der Waals surface area contributed by atoms with Gasteiger partial charge in [0.2, 0.25) is 11.6 Å². The standard InChI is InChI=1S/C32H45N3O8/c1-9-13-34-26-22-14-17(2)15-24(42-8)27(36)19(4)16-20(5)30(43-32(33)40)23(41-7)12-10-11-18(3)31(39)35-25(29(22)38)21(6)28(26)37/h9-12,16-17,19,23-24,27,30,34,36H,1,13-15H2,2-8H3,(H2,33,40)(H,35,39)/b12-10+,18-11-,20-16+/t17-,19-,23+,24+,27-,30-/m1/s1. The van der Waals surface area contributed by atoms with E-state index in [9.17, 15) is 24.3 Å². The van der Waals surface area contributed by atoms with Gasteiger partial charge in [0.1, 0.15) is 6.10 Å². The molecule has 236 valence electrons. The summed E-state index contributed by atoms with van der Waals surface area (Å²) >= 11 is 0. The van der Waals surface area contributed by atoms with Gasteiger partial charge in [0.25, 0.3) is 5.91 Å². The van der Waals surface area contributed by atoms with Crippen LogP contribution in [0.1, 0.15) is 47.5 Å². The number of rotatable bonds is 6. The Morgan fingerprint density at radius 1 is 1.16 bits per heavy atom. The van der Waals surface area contributed by atoms with E-state index in [4.69, 9.17) is 19.9 Å². The summed E-state index contributed by atoms with van der Waals surface area (Å²) in [6.07, 6.45) is 4.25. The predicted octanol–water partition coefficient (Wildman–Crippen LogP) is 2.93. The molecule has 0 spiro atoms. The van der Waals surface area contributed by atoms with Gasteiger partial charge in [0.05, 0.1) is 23.6 Å². The van der Waals surface area contributed by atoms with Crippen LogP contribution in [0.15, 0.2) is 70.6 Å². The van der Waals surface area contributed by atoms with Gasteiger partial charge in [-0.1, -0.05) is 44.2 Å². The van der Waals surface area contributed by atoms with E-state index < -0.39 is 53.9 Å². The second-order valence-electron chi connectivity index (χ2n) is 11.0. The van der Waals surface area contributed by atoms with Crippen LogP contribution in [0.3, 0.4) is 0 Å². The maximum atomic E-state index is 13.8. The van der Waals surface area contributed by atoms with Crippen LogP contribution >= 0.6 is 0 Å². The maximum Gasteiger partial charge on any atom is 0.405 e. The van der Waals surface area contributed by atoms with Gasteiger partial charge in [-0.15, -0.1) is 6.58 Å². The van der Waals surface area contributed by atoms with Gasteiger partial charge in [-0.05, 0) is 45.1 Å². The lowest BCUT2D eigenvalue weighted by Gasteiger charge is -2.30. The number of nitrogens with two attached hydrogens (primary N) is 1. The van der Waals surface area contributed by atoms with E-state index in [2.05, 4.69) is 17.2 Å². The molecule has 5 N–H and O–H groups in total. The number of ketones is 2. The number of Topliss-reactive ketones (excluding diaryl/α,β-unsaturated/α-hetero) is 2. The highest BCUT2D eigenvalue weighted by atomic mass is 16.6. The summed E-state index contributed by atoms with van der Waals surface area (Å²) in [5.41, 5.74) is 6.62. The Morgan fingerprint density at radius 2 is 1.84 bits per heavy atom. The number of ether oxygens (including phenoxy) is 3. The number of carbonyl (C=O) groups is 4. The first-order valence-corrected chi connectivity index (χ1v) is 14.2. The van der Waals surface area contributed by atoms with Gasteiger partial charge in [-0.3, -0.25) is 14.4 Å². The Hall–Kier alpha value is -3.80. The monoisotopic (exact) mass is 599 g/mol. The van der Waals surface area contributed by atoms with Gasteiger partial charge in [-0.2, -0.15) is 0 Å². The average Bonchev–Trinajstić information content (AvgIpc) is 2.96. The van der Waals surface area contributed by atoms with Crippen molar-refractivity contribution in [3.63, 3.8) is 0 Å². The zero-order valence-electron chi connectivity index (χ0n) is 26.1. The first-order valence-electron chi connectivity index (χ1n) is 14.2. The van der Waals surface area contributed by atoms with Gasteiger partial charge in [0.15, 0.2) is 6.10 Å². The van der Waals surface area contributed by atoms with Crippen molar-refractivity contribution in [1.29, 1.82) is 0 Å². The molecule has 0 saturated carbocycles. The minimum absolute atomic E-state index is 0.0857. The number of allylic oxidation sites excluding steroid dienone is 4. The first-order chi connectivity index (χ1) is 20.3. The molecule has 1 heterocycles. The van der Waals surface area contributed by atoms with Crippen LogP contribution in [0.4, 0.5) is 4.79 Å².